The Morgan fingerprint density at radius 3 is 2.29 bits per heavy atom. The molecule has 0 aliphatic carbocycles. The molecule has 1 atom stereocenters. The van der Waals surface area contributed by atoms with Crippen molar-refractivity contribution in [3.05, 3.63) is 90.3 Å². The number of hydrogen-bond donors (Lipinski definition) is 2. The Morgan fingerprint density at radius 2 is 1.68 bits per heavy atom. The van der Waals surface area contributed by atoms with Gasteiger partial charge in [-0.1, -0.05) is 30.3 Å². The third-order valence-corrected chi connectivity index (χ3v) is 8.99. The third-order valence-electron chi connectivity index (χ3n) is 7.15. The number of carbonyl (C=O) groups excluding carboxylic acids is 2. The molecule has 2 amide bonds. The van der Waals surface area contributed by atoms with Gasteiger partial charge in [-0.05, 0) is 66.3 Å². The zero-order chi connectivity index (χ0) is 29.2. The van der Waals surface area contributed by atoms with E-state index in [9.17, 15) is 23.2 Å². The topological polar surface area (TPSA) is 138 Å². The molecular formula is C29H34N4O7S. The number of hydroxylamine groups is 1. The van der Waals surface area contributed by atoms with Gasteiger partial charge in [0.05, 0.1) is 18.6 Å². The number of benzene rings is 2. The molecule has 218 valence electrons. The van der Waals surface area contributed by atoms with Crippen molar-refractivity contribution in [2.45, 2.75) is 36.7 Å². The highest BCUT2D eigenvalue weighted by molar-refractivity contribution is 7.89. The van der Waals surface area contributed by atoms with E-state index in [1.165, 1.54) is 43.8 Å². The van der Waals surface area contributed by atoms with Crippen molar-refractivity contribution in [1.29, 1.82) is 0 Å². The summed E-state index contributed by atoms with van der Waals surface area (Å²) in [6, 6.07) is 17.7. The molecule has 0 unspecified atom stereocenters. The zero-order valence-electron chi connectivity index (χ0n) is 22.8. The molecule has 11 nitrogen and oxygen atoms in total. The summed E-state index contributed by atoms with van der Waals surface area (Å²) in [7, 11) is -2.74. The van der Waals surface area contributed by atoms with Crippen molar-refractivity contribution in [3.63, 3.8) is 0 Å². The molecule has 1 aliphatic heterocycles. The van der Waals surface area contributed by atoms with E-state index in [1.54, 1.807) is 22.5 Å². The molecule has 2 heterocycles. The number of pyridine rings is 1. The monoisotopic (exact) mass is 582 g/mol. The quantitative estimate of drug-likeness (QED) is 0.260. The molecule has 1 aliphatic rings. The second-order valence-electron chi connectivity index (χ2n) is 9.68. The molecule has 3 aromatic rings. The second kappa shape index (κ2) is 14.1. The average Bonchev–Trinajstić information content (AvgIpc) is 3.02. The van der Waals surface area contributed by atoms with Gasteiger partial charge in [-0.15, -0.1) is 0 Å². The molecule has 0 radical (unpaired) electrons. The van der Waals surface area contributed by atoms with Gasteiger partial charge in [-0.2, -0.15) is 4.31 Å². The fraction of sp³-hybridized carbons (Fsp3) is 0.345. The van der Waals surface area contributed by atoms with Crippen LogP contribution in [0.1, 0.15) is 24.0 Å². The van der Waals surface area contributed by atoms with Gasteiger partial charge in [-0.3, -0.25) is 15.0 Å². The lowest BCUT2D eigenvalue weighted by atomic mass is 9.88. The standard InChI is InChI=1S/C29H34N4O7S/c1-39-25-7-9-26(10-8-25)41(37,38)33(21-23-11-16-30-17-12-23)27(28(34)31-36)24-13-18-32(19-14-24)29(35)40-20-15-22-5-3-2-4-6-22/h2-12,16-17,24,27,36H,13-15,18-21H2,1H3,(H,31,34)/t27-/m1/s1. The number of nitrogens with one attached hydrogen (secondary N) is 1. The number of ether oxygens (including phenoxy) is 2. The fourth-order valence-corrected chi connectivity index (χ4v) is 6.56. The molecule has 2 aromatic carbocycles. The highest BCUT2D eigenvalue weighted by Gasteiger charge is 2.42. The van der Waals surface area contributed by atoms with Crippen LogP contribution in [0.15, 0.2) is 84.0 Å². The van der Waals surface area contributed by atoms with E-state index < -0.39 is 34.0 Å². The smallest absolute Gasteiger partial charge is 0.409 e. The van der Waals surface area contributed by atoms with Gasteiger partial charge in [0, 0.05) is 38.4 Å². The molecule has 1 aromatic heterocycles. The minimum Gasteiger partial charge on any atom is -0.497 e. The average molecular weight is 583 g/mol. The zero-order valence-corrected chi connectivity index (χ0v) is 23.6. The van der Waals surface area contributed by atoms with E-state index in [-0.39, 0.29) is 31.1 Å². The summed E-state index contributed by atoms with van der Waals surface area (Å²) in [6.45, 7) is 0.653. The summed E-state index contributed by atoms with van der Waals surface area (Å²) in [5.41, 5.74) is 3.34. The van der Waals surface area contributed by atoms with Gasteiger partial charge < -0.3 is 14.4 Å². The third kappa shape index (κ3) is 7.60. The lowest BCUT2D eigenvalue weighted by Gasteiger charge is -2.39. The Morgan fingerprint density at radius 1 is 1.02 bits per heavy atom. The number of carbonyl (C=O) groups is 2. The lowest BCUT2D eigenvalue weighted by Crippen LogP contribution is -2.55. The maximum Gasteiger partial charge on any atom is 0.409 e. The van der Waals surface area contributed by atoms with E-state index in [4.69, 9.17) is 9.47 Å². The number of nitrogens with zero attached hydrogens (tertiary/aromatic N) is 3. The molecule has 1 fully saturated rings. The van der Waals surface area contributed by atoms with Crippen LogP contribution in [0, 0.1) is 5.92 Å². The van der Waals surface area contributed by atoms with Gasteiger partial charge in [0.1, 0.15) is 11.8 Å². The van der Waals surface area contributed by atoms with Crippen molar-refractivity contribution in [2.24, 2.45) is 5.92 Å². The van der Waals surface area contributed by atoms with E-state index in [2.05, 4.69) is 4.98 Å². The van der Waals surface area contributed by atoms with Crippen LogP contribution in [-0.2, 0) is 32.5 Å². The van der Waals surface area contributed by atoms with Crippen molar-refractivity contribution in [3.8, 4) is 5.75 Å². The number of rotatable bonds is 11. The summed E-state index contributed by atoms with van der Waals surface area (Å²) in [6.07, 6.45) is 3.87. The van der Waals surface area contributed by atoms with E-state index in [1.807, 2.05) is 30.3 Å². The highest BCUT2D eigenvalue weighted by Crippen LogP contribution is 2.31. The maximum atomic E-state index is 14.0. The Labute approximate surface area is 239 Å². The summed E-state index contributed by atoms with van der Waals surface area (Å²) < 4.78 is 39.7. The molecule has 0 spiro atoms. The minimum atomic E-state index is -4.22. The molecule has 41 heavy (non-hydrogen) atoms. The first-order chi connectivity index (χ1) is 19.8. The second-order valence-corrected chi connectivity index (χ2v) is 11.6. The van der Waals surface area contributed by atoms with Gasteiger partial charge in [0.15, 0.2) is 0 Å². The van der Waals surface area contributed by atoms with Crippen molar-refractivity contribution < 1.29 is 32.7 Å². The number of amides is 2. The minimum absolute atomic E-state index is 0.0254. The number of methoxy groups -OCH3 is 1. The van der Waals surface area contributed by atoms with Crippen LogP contribution < -0.4 is 10.2 Å². The number of hydrogen-bond acceptors (Lipinski definition) is 8. The van der Waals surface area contributed by atoms with Crippen LogP contribution in [-0.4, -0.2) is 72.7 Å². The van der Waals surface area contributed by atoms with Crippen LogP contribution in [0.4, 0.5) is 4.79 Å². The Kier molecular flexibility index (Phi) is 10.3. The van der Waals surface area contributed by atoms with E-state index >= 15 is 0 Å². The van der Waals surface area contributed by atoms with Gasteiger partial charge in [0.2, 0.25) is 10.0 Å². The SMILES string of the molecule is COc1ccc(S(=O)(=O)N(Cc2ccncc2)[C@@H](C(=O)NO)C2CCN(C(=O)OCCc3ccccc3)CC2)cc1. The van der Waals surface area contributed by atoms with Gasteiger partial charge in [0.25, 0.3) is 5.91 Å². The molecule has 1 saturated heterocycles. The predicted octanol–water partition coefficient (Wildman–Crippen LogP) is 3.25. The maximum absolute atomic E-state index is 14.0. The number of piperidine rings is 1. The predicted molar refractivity (Wildman–Crippen MR) is 149 cm³/mol. The lowest BCUT2D eigenvalue weighted by molar-refractivity contribution is -0.135. The van der Waals surface area contributed by atoms with Gasteiger partial charge >= 0.3 is 6.09 Å². The number of sulfonamides is 1. The summed E-state index contributed by atoms with van der Waals surface area (Å²) in [4.78, 5) is 31.3. The first kappa shape index (κ1) is 30.0. The molecule has 2 N–H and O–H groups in total. The van der Waals surface area contributed by atoms with Crippen molar-refractivity contribution in [2.75, 3.05) is 26.8 Å². The molecule has 0 bridgehead atoms. The Hall–Kier alpha value is -4.00. The summed E-state index contributed by atoms with van der Waals surface area (Å²) in [5, 5.41) is 9.65. The normalized spacial score (nSPS) is 14.9. The largest absolute Gasteiger partial charge is 0.497 e. The van der Waals surface area contributed by atoms with Crippen molar-refractivity contribution in [1.82, 2.24) is 19.7 Å². The van der Waals surface area contributed by atoms with Crippen LogP contribution in [0.2, 0.25) is 0 Å². The summed E-state index contributed by atoms with van der Waals surface area (Å²) in [5.74, 6) is -0.845. The van der Waals surface area contributed by atoms with Crippen LogP contribution in [0.3, 0.4) is 0 Å². The first-order valence-electron chi connectivity index (χ1n) is 13.3. The van der Waals surface area contributed by atoms with E-state index in [0.29, 0.717) is 30.6 Å². The number of aromatic nitrogens is 1. The van der Waals surface area contributed by atoms with Crippen LogP contribution >= 0.6 is 0 Å². The van der Waals surface area contributed by atoms with E-state index in [0.717, 1.165) is 9.87 Å². The number of likely N-dealkylation sites (tertiary alicyclic amines) is 1. The molecule has 0 saturated carbocycles. The van der Waals surface area contributed by atoms with Gasteiger partial charge in [-0.25, -0.2) is 18.7 Å². The molecule has 4 rings (SSSR count). The van der Waals surface area contributed by atoms with Crippen LogP contribution in [0.25, 0.3) is 0 Å². The Balaban J connectivity index is 1.52. The molecule has 12 heteroatoms. The van der Waals surface area contributed by atoms with Crippen LogP contribution in [0.5, 0.6) is 5.75 Å². The Bertz CT molecular complexity index is 1380. The van der Waals surface area contributed by atoms with Crippen molar-refractivity contribution >= 4 is 22.0 Å². The first-order valence-corrected chi connectivity index (χ1v) is 14.7. The highest BCUT2D eigenvalue weighted by atomic mass is 32.2. The summed E-state index contributed by atoms with van der Waals surface area (Å²) >= 11 is 0. The molecular weight excluding hydrogens is 548 g/mol. The fourth-order valence-electron chi connectivity index (χ4n) is 4.92.